The zero-order chi connectivity index (χ0) is 14.0. The second-order valence-corrected chi connectivity index (χ2v) is 6.13. The van der Waals surface area contributed by atoms with Crippen LogP contribution in [0, 0.1) is 12.8 Å². The second-order valence-electron chi connectivity index (χ2n) is 5.07. The van der Waals surface area contributed by atoms with Crippen LogP contribution in [0.5, 0.6) is 0 Å². The van der Waals surface area contributed by atoms with Crippen molar-refractivity contribution < 1.29 is 9.90 Å². The van der Waals surface area contributed by atoms with Gasteiger partial charge in [0.1, 0.15) is 0 Å². The number of aliphatic hydroxyl groups is 1. The lowest BCUT2D eigenvalue weighted by Gasteiger charge is -2.14. The molecule has 0 spiro atoms. The molecule has 1 aromatic carbocycles. The number of hydrogen-bond donors (Lipinski definition) is 2. The summed E-state index contributed by atoms with van der Waals surface area (Å²) in [5.74, 6) is 0.0437. The lowest BCUT2D eigenvalue weighted by Crippen LogP contribution is -2.34. The van der Waals surface area contributed by atoms with E-state index in [1.54, 1.807) is 0 Å². The number of amides is 1. The number of fused-ring (bicyclic) bond motifs is 1. The van der Waals surface area contributed by atoms with Gasteiger partial charge in [0.2, 0.25) is 0 Å². The molecule has 0 fully saturated rings. The fourth-order valence-corrected chi connectivity index (χ4v) is 3.03. The summed E-state index contributed by atoms with van der Waals surface area (Å²) in [5, 5.41) is 13.7. The highest BCUT2D eigenvalue weighted by Gasteiger charge is 2.16. The Kier molecular flexibility index (Phi) is 4.22. The van der Waals surface area contributed by atoms with Crippen molar-refractivity contribution >= 4 is 27.3 Å². The molecule has 1 unspecified atom stereocenters. The Hall–Kier alpha value is -1.39. The van der Waals surface area contributed by atoms with Crippen molar-refractivity contribution in [3.05, 3.63) is 34.7 Å². The van der Waals surface area contributed by atoms with E-state index in [1.165, 1.54) is 11.3 Å². The average Bonchev–Trinajstić information content (AvgIpc) is 2.73. The molecule has 19 heavy (non-hydrogen) atoms. The van der Waals surface area contributed by atoms with E-state index in [4.69, 9.17) is 0 Å². The molecule has 3 nitrogen and oxygen atoms in total. The minimum Gasteiger partial charge on any atom is -0.391 e. The topological polar surface area (TPSA) is 49.3 Å². The van der Waals surface area contributed by atoms with Crippen LogP contribution in [-0.2, 0) is 0 Å². The molecule has 2 rings (SSSR count). The zero-order valence-electron chi connectivity index (χ0n) is 11.4. The highest BCUT2D eigenvalue weighted by atomic mass is 32.1. The largest absolute Gasteiger partial charge is 0.391 e. The fraction of sp³-hybridized carbons (Fsp3) is 0.400. The summed E-state index contributed by atoms with van der Waals surface area (Å²) in [7, 11) is 0. The van der Waals surface area contributed by atoms with E-state index in [0.717, 1.165) is 20.5 Å². The van der Waals surface area contributed by atoms with Crippen LogP contribution in [0.4, 0.5) is 0 Å². The number of carbonyl (C=O) groups is 1. The van der Waals surface area contributed by atoms with Crippen molar-refractivity contribution in [3.63, 3.8) is 0 Å². The summed E-state index contributed by atoms with van der Waals surface area (Å²) in [4.78, 5) is 12.9. The number of rotatable bonds is 4. The summed E-state index contributed by atoms with van der Waals surface area (Å²) in [6, 6.07) is 8.00. The van der Waals surface area contributed by atoms with Crippen LogP contribution in [0.15, 0.2) is 24.3 Å². The van der Waals surface area contributed by atoms with Crippen LogP contribution in [0.2, 0.25) is 0 Å². The number of carbonyl (C=O) groups excluding carboxylic acids is 1. The van der Waals surface area contributed by atoms with E-state index < -0.39 is 6.10 Å². The van der Waals surface area contributed by atoms with Crippen LogP contribution in [0.3, 0.4) is 0 Å². The third-order valence-corrected chi connectivity index (χ3v) is 4.56. The molecule has 1 aromatic heterocycles. The molecule has 1 amide bonds. The molecule has 4 heteroatoms. The first kappa shape index (κ1) is 14.0. The van der Waals surface area contributed by atoms with Crippen LogP contribution in [0.25, 0.3) is 10.1 Å². The molecular weight excluding hydrogens is 258 g/mol. The minimum atomic E-state index is -0.501. The van der Waals surface area contributed by atoms with Gasteiger partial charge in [-0.3, -0.25) is 4.79 Å². The van der Waals surface area contributed by atoms with Gasteiger partial charge >= 0.3 is 0 Å². The number of hydrogen-bond acceptors (Lipinski definition) is 3. The molecule has 2 aromatic rings. The average molecular weight is 277 g/mol. The smallest absolute Gasteiger partial charge is 0.261 e. The molecule has 2 N–H and O–H groups in total. The van der Waals surface area contributed by atoms with Gasteiger partial charge in [-0.25, -0.2) is 0 Å². The third-order valence-electron chi connectivity index (χ3n) is 3.29. The van der Waals surface area contributed by atoms with Crippen molar-refractivity contribution in [2.24, 2.45) is 5.92 Å². The van der Waals surface area contributed by atoms with E-state index in [2.05, 4.69) is 5.32 Å². The number of nitrogens with one attached hydrogen (secondary N) is 1. The van der Waals surface area contributed by atoms with Gasteiger partial charge in [-0.05, 0) is 29.9 Å². The molecule has 0 saturated carbocycles. The number of aliphatic hydroxyl groups excluding tert-OH is 1. The highest BCUT2D eigenvalue weighted by Crippen LogP contribution is 2.30. The first-order chi connectivity index (χ1) is 9.00. The summed E-state index contributed by atoms with van der Waals surface area (Å²) < 4.78 is 1.12. The highest BCUT2D eigenvalue weighted by molar-refractivity contribution is 7.21. The summed E-state index contributed by atoms with van der Waals surface area (Å²) >= 11 is 1.50. The number of benzene rings is 1. The molecule has 0 aliphatic rings. The Bertz CT molecular complexity index is 589. The van der Waals surface area contributed by atoms with Gasteiger partial charge in [0.15, 0.2) is 0 Å². The van der Waals surface area contributed by atoms with Crippen LogP contribution < -0.4 is 5.32 Å². The predicted molar refractivity (Wildman–Crippen MR) is 79.7 cm³/mol. The molecule has 0 aliphatic carbocycles. The molecule has 0 saturated heterocycles. The summed E-state index contributed by atoms with van der Waals surface area (Å²) in [6.45, 7) is 6.12. The maximum atomic E-state index is 12.2. The second kappa shape index (κ2) is 5.72. The number of thiophene rings is 1. The Morgan fingerprint density at radius 3 is 2.68 bits per heavy atom. The Morgan fingerprint density at radius 1 is 1.37 bits per heavy atom. The van der Waals surface area contributed by atoms with E-state index >= 15 is 0 Å². The lowest BCUT2D eigenvalue weighted by atomic mass is 10.1. The first-order valence-electron chi connectivity index (χ1n) is 6.45. The molecule has 1 heterocycles. The van der Waals surface area contributed by atoms with Crippen molar-refractivity contribution in [2.75, 3.05) is 6.54 Å². The van der Waals surface area contributed by atoms with Crippen molar-refractivity contribution in [2.45, 2.75) is 26.9 Å². The van der Waals surface area contributed by atoms with Gasteiger partial charge in [-0.2, -0.15) is 0 Å². The fourth-order valence-electron chi connectivity index (χ4n) is 1.90. The van der Waals surface area contributed by atoms with Crippen LogP contribution in [0.1, 0.15) is 29.1 Å². The quantitative estimate of drug-likeness (QED) is 0.902. The first-order valence-corrected chi connectivity index (χ1v) is 7.26. The molecule has 102 valence electrons. The van der Waals surface area contributed by atoms with Crippen LogP contribution >= 0.6 is 11.3 Å². The van der Waals surface area contributed by atoms with Gasteiger partial charge in [-0.15, -0.1) is 11.3 Å². The van der Waals surface area contributed by atoms with Gasteiger partial charge < -0.3 is 10.4 Å². The third kappa shape index (κ3) is 2.96. The molecular formula is C15H19NO2S. The number of aryl methyl sites for hydroxylation is 1. The van der Waals surface area contributed by atoms with E-state index in [9.17, 15) is 9.90 Å². The molecule has 1 atom stereocenters. The van der Waals surface area contributed by atoms with Gasteiger partial charge in [-0.1, -0.05) is 32.0 Å². The van der Waals surface area contributed by atoms with E-state index in [1.807, 2.05) is 45.0 Å². The van der Waals surface area contributed by atoms with Crippen molar-refractivity contribution in [1.29, 1.82) is 0 Å². The Labute approximate surface area is 117 Å². The monoisotopic (exact) mass is 277 g/mol. The normalized spacial score (nSPS) is 12.9. The molecule has 0 radical (unpaired) electrons. The minimum absolute atomic E-state index is 0.0987. The lowest BCUT2D eigenvalue weighted by molar-refractivity contribution is 0.0875. The Balaban J connectivity index is 2.16. The van der Waals surface area contributed by atoms with Gasteiger partial charge in [0.05, 0.1) is 11.0 Å². The predicted octanol–water partition coefficient (Wildman–Crippen LogP) is 2.96. The van der Waals surface area contributed by atoms with Crippen LogP contribution in [-0.4, -0.2) is 23.7 Å². The maximum absolute atomic E-state index is 12.2. The summed E-state index contributed by atoms with van der Waals surface area (Å²) in [5.41, 5.74) is 1.01. The van der Waals surface area contributed by atoms with Gasteiger partial charge in [0, 0.05) is 11.2 Å². The van der Waals surface area contributed by atoms with E-state index in [0.29, 0.717) is 6.54 Å². The van der Waals surface area contributed by atoms with Crippen molar-refractivity contribution in [1.82, 2.24) is 5.32 Å². The molecule has 0 aliphatic heterocycles. The zero-order valence-corrected chi connectivity index (χ0v) is 12.3. The SMILES string of the molecule is Cc1c(C(=O)NCC(O)C(C)C)sc2ccccc12. The Morgan fingerprint density at radius 2 is 2.05 bits per heavy atom. The molecule has 0 bridgehead atoms. The maximum Gasteiger partial charge on any atom is 0.261 e. The standard InChI is InChI=1S/C15H19NO2S/c1-9(2)12(17)8-16-15(18)14-10(3)11-6-4-5-7-13(11)19-14/h4-7,9,12,17H,8H2,1-3H3,(H,16,18). The van der Waals surface area contributed by atoms with Gasteiger partial charge in [0.25, 0.3) is 5.91 Å². The van der Waals surface area contributed by atoms with Crippen molar-refractivity contribution in [3.8, 4) is 0 Å². The summed E-state index contributed by atoms with van der Waals surface area (Å²) in [6.07, 6.45) is -0.501. The van der Waals surface area contributed by atoms with E-state index in [-0.39, 0.29) is 11.8 Å².